The molecule has 0 radical (unpaired) electrons. The average molecular weight is 449 g/mol. The molecule has 0 atom stereocenters. The summed E-state index contributed by atoms with van der Waals surface area (Å²) in [5, 5.41) is 1.60. The SMILES string of the molecule is CCc1cccc(CCN)c1.COc1ccc2c(c1)cc(C)n2C(=O)c1ccc(Cl)cc1. The Morgan fingerprint density at radius 2 is 1.72 bits per heavy atom. The van der Waals surface area contributed by atoms with Gasteiger partial charge in [0.15, 0.2) is 0 Å². The van der Waals surface area contributed by atoms with Crippen molar-refractivity contribution in [1.29, 1.82) is 0 Å². The van der Waals surface area contributed by atoms with Crippen molar-refractivity contribution in [3.8, 4) is 5.75 Å². The van der Waals surface area contributed by atoms with Crippen molar-refractivity contribution in [3.63, 3.8) is 0 Å². The Hall–Kier alpha value is -3.08. The zero-order valence-corrected chi connectivity index (χ0v) is 19.5. The summed E-state index contributed by atoms with van der Waals surface area (Å²) in [7, 11) is 1.63. The lowest BCUT2D eigenvalue weighted by Crippen LogP contribution is -2.13. The van der Waals surface area contributed by atoms with E-state index in [2.05, 4.69) is 31.2 Å². The molecule has 5 heteroatoms. The smallest absolute Gasteiger partial charge is 0.262 e. The van der Waals surface area contributed by atoms with Crippen molar-refractivity contribution in [2.45, 2.75) is 26.7 Å². The fourth-order valence-corrected chi connectivity index (χ4v) is 3.75. The highest BCUT2D eigenvalue weighted by atomic mass is 35.5. The zero-order valence-electron chi connectivity index (χ0n) is 18.8. The quantitative estimate of drug-likeness (QED) is 0.404. The fraction of sp³-hybridized carbons (Fsp3) is 0.222. The first-order valence-corrected chi connectivity index (χ1v) is 11.1. The van der Waals surface area contributed by atoms with E-state index >= 15 is 0 Å². The Bertz CT molecular complexity index is 1200. The Labute approximate surface area is 194 Å². The molecule has 0 aliphatic rings. The largest absolute Gasteiger partial charge is 0.497 e. The van der Waals surface area contributed by atoms with Gasteiger partial charge < -0.3 is 10.5 Å². The number of aryl methyl sites for hydroxylation is 2. The standard InChI is InChI=1S/C17H14ClNO2.C10H15N/c1-11-9-13-10-15(21-2)7-8-16(13)19(11)17(20)12-3-5-14(18)6-4-12;1-2-9-4-3-5-10(8-9)6-7-11/h3-10H,1-2H3;3-5,8H,2,6-7,11H2,1H3. The van der Waals surface area contributed by atoms with Crippen LogP contribution >= 0.6 is 11.6 Å². The summed E-state index contributed by atoms with van der Waals surface area (Å²) in [5.74, 6) is 0.711. The van der Waals surface area contributed by atoms with Gasteiger partial charge in [-0.15, -0.1) is 0 Å². The number of carbonyl (C=O) groups excluding carboxylic acids is 1. The molecule has 0 aliphatic carbocycles. The van der Waals surface area contributed by atoms with Crippen LogP contribution in [0.25, 0.3) is 10.9 Å². The molecule has 0 saturated heterocycles. The highest BCUT2D eigenvalue weighted by Crippen LogP contribution is 2.25. The maximum atomic E-state index is 12.7. The number of aromatic nitrogens is 1. The Balaban J connectivity index is 0.000000222. The summed E-state index contributed by atoms with van der Waals surface area (Å²) in [4.78, 5) is 12.7. The molecular weight excluding hydrogens is 420 g/mol. The number of nitrogens with two attached hydrogens (primary N) is 1. The van der Waals surface area contributed by atoms with Gasteiger partial charge in [-0.3, -0.25) is 9.36 Å². The van der Waals surface area contributed by atoms with Crippen molar-refractivity contribution in [2.24, 2.45) is 5.73 Å². The molecule has 0 bridgehead atoms. The molecule has 4 nitrogen and oxygen atoms in total. The summed E-state index contributed by atoms with van der Waals surface area (Å²) >= 11 is 5.87. The van der Waals surface area contributed by atoms with Gasteiger partial charge in [0.1, 0.15) is 5.75 Å². The van der Waals surface area contributed by atoms with E-state index < -0.39 is 0 Å². The number of halogens is 1. The van der Waals surface area contributed by atoms with E-state index in [0.717, 1.165) is 41.7 Å². The van der Waals surface area contributed by atoms with Crippen molar-refractivity contribution in [3.05, 3.63) is 100 Å². The zero-order chi connectivity index (χ0) is 23.1. The highest BCUT2D eigenvalue weighted by molar-refractivity contribution is 6.30. The molecule has 0 amide bonds. The number of ether oxygens (including phenoxy) is 1. The van der Waals surface area contributed by atoms with Crippen molar-refractivity contribution in [2.75, 3.05) is 13.7 Å². The first-order chi connectivity index (χ1) is 15.5. The third-order valence-corrected chi connectivity index (χ3v) is 5.57. The molecule has 32 heavy (non-hydrogen) atoms. The first kappa shape index (κ1) is 23.6. The molecule has 0 saturated carbocycles. The van der Waals surface area contributed by atoms with Crippen LogP contribution < -0.4 is 10.5 Å². The first-order valence-electron chi connectivity index (χ1n) is 10.7. The van der Waals surface area contributed by atoms with Crippen LogP contribution in [0.2, 0.25) is 5.02 Å². The second-order valence-corrected chi connectivity index (χ2v) is 8.01. The second kappa shape index (κ2) is 11.0. The molecule has 4 rings (SSSR count). The molecule has 4 aromatic rings. The minimum atomic E-state index is -0.0654. The lowest BCUT2D eigenvalue weighted by Gasteiger charge is -2.07. The summed E-state index contributed by atoms with van der Waals surface area (Å²) in [6.45, 7) is 4.83. The summed E-state index contributed by atoms with van der Waals surface area (Å²) in [5.41, 5.74) is 10.6. The van der Waals surface area contributed by atoms with Crippen molar-refractivity contribution in [1.82, 2.24) is 4.57 Å². The number of methoxy groups -OCH3 is 1. The lowest BCUT2D eigenvalue weighted by atomic mass is 10.1. The third-order valence-electron chi connectivity index (χ3n) is 5.32. The minimum Gasteiger partial charge on any atom is -0.497 e. The Morgan fingerprint density at radius 3 is 2.38 bits per heavy atom. The maximum absolute atomic E-state index is 12.7. The van der Waals surface area contributed by atoms with Gasteiger partial charge in [0.2, 0.25) is 0 Å². The van der Waals surface area contributed by atoms with Gasteiger partial charge in [0, 0.05) is 21.7 Å². The Morgan fingerprint density at radius 1 is 1.00 bits per heavy atom. The van der Waals surface area contributed by atoms with Crippen LogP contribution in [0.1, 0.15) is 34.1 Å². The number of hydrogen-bond donors (Lipinski definition) is 1. The predicted octanol–water partition coefficient (Wildman–Crippen LogP) is 6.05. The van der Waals surface area contributed by atoms with E-state index in [4.69, 9.17) is 22.1 Å². The number of benzene rings is 3. The summed E-state index contributed by atoms with van der Waals surface area (Å²) < 4.78 is 6.93. The molecule has 0 fully saturated rings. The van der Waals surface area contributed by atoms with Crippen LogP contribution in [0.4, 0.5) is 0 Å². The van der Waals surface area contributed by atoms with E-state index in [0.29, 0.717) is 10.6 Å². The Kier molecular flexibility index (Phi) is 8.09. The van der Waals surface area contributed by atoms with Gasteiger partial charge in [-0.1, -0.05) is 42.8 Å². The van der Waals surface area contributed by atoms with E-state index in [-0.39, 0.29) is 5.91 Å². The van der Waals surface area contributed by atoms with Gasteiger partial charge in [-0.2, -0.15) is 0 Å². The van der Waals surface area contributed by atoms with Crippen LogP contribution in [0.15, 0.2) is 72.8 Å². The van der Waals surface area contributed by atoms with Gasteiger partial charge in [-0.05, 0) is 86.0 Å². The summed E-state index contributed by atoms with van der Waals surface area (Å²) in [6.07, 6.45) is 2.10. The normalized spacial score (nSPS) is 10.5. The molecule has 166 valence electrons. The van der Waals surface area contributed by atoms with E-state index in [1.54, 1.807) is 35.9 Å². The van der Waals surface area contributed by atoms with Gasteiger partial charge in [0.05, 0.1) is 12.6 Å². The van der Waals surface area contributed by atoms with Crippen molar-refractivity contribution >= 4 is 28.4 Å². The molecule has 1 aromatic heterocycles. The van der Waals surface area contributed by atoms with E-state index in [9.17, 15) is 4.79 Å². The molecule has 3 aromatic carbocycles. The van der Waals surface area contributed by atoms with Crippen molar-refractivity contribution < 1.29 is 9.53 Å². The maximum Gasteiger partial charge on any atom is 0.262 e. The minimum absolute atomic E-state index is 0.0654. The van der Waals surface area contributed by atoms with Crippen LogP contribution in [0.5, 0.6) is 5.75 Å². The number of nitrogens with zero attached hydrogens (tertiary/aromatic N) is 1. The van der Waals surface area contributed by atoms with Crippen LogP contribution in [-0.4, -0.2) is 24.1 Å². The van der Waals surface area contributed by atoms with Gasteiger partial charge >= 0.3 is 0 Å². The lowest BCUT2D eigenvalue weighted by molar-refractivity contribution is 0.0963. The second-order valence-electron chi connectivity index (χ2n) is 7.57. The van der Waals surface area contributed by atoms with E-state index in [1.165, 1.54) is 11.1 Å². The molecule has 0 aliphatic heterocycles. The fourth-order valence-electron chi connectivity index (χ4n) is 3.62. The van der Waals surface area contributed by atoms with Crippen LogP contribution in [-0.2, 0) is 12.8 Å². The molecule has 1 heterocycles. The molecule has 2 N–H and O–H groups in total. The number of carbonyl (C=O) groups is 1. The van der Waals surface area contributed by atoms with Gasteiger partial charge in [-0.25, -0.2) is 0 Å². The molecular formula is C27H29ClN2O2. The van der Waals surface area contributed by atoms with Crippen LogP contribution in [0.3, 0.4) is 0 Å². The monoisotopic (exact) mass is 448 g/mol. The topological polar surface area (TPSA) is 57.2 Å². The predicted molar refractivity (Wildman–Crippen MR) is 133 cm³/mol. The van der Waals surface area contributed by atoms with Crippen LogP contribution in [0, 0.1) is 6.92 Å². The average Bonchev–Trinajstić information content (AvgIpc) is 3.14. The number of hydrogen-bond acceptors (Lipinski definition) is 3. The molecule has 0 unspecified atom stereocenters. The van der Waals surface area contributed by atoms with Gasteiger partial charge in [0.25, 0.3) is 5.91 Å². The van der Waals surface area contributed by atoms with E-state index in [1.807, 2.05) is 31.2 Å². The summed E-state index contributed by atoms with van der Waals surface area (Å²) in [6, 6.07) is 23.2. The number of fused-ring (bicyclic) bond motifs is 1. The third kappa shape index (κ3) is 5.58. The number of rotatable bonds is 5. The molecule has 0 spiro atoms. The highest BCUT2D eigenvalue weighted by Gasteiger charge is 2.15.